The fourth-order valence-corrected chi connectivity index (χ4v) is 1.82. The zero-order valence-electron chi connectivity index (χ0n) is 11.5. The molecule has 0 amide bonds. The van der Waals surface area contributed by atoms with E-state index in [9.17, 15) is 0 Å². The molecule has 0 aliphatic carbocycles. The Labute approximate surface area is 119 Å². The van der Waals surface area contributed by atoms with Crippen molar-refractivity contribution in [1.82, 2.24) is 4.98 Å². The van der Waals surface area contributed by atoms with Crippen molar-refractivity contribution >= 4 is 11.6 Å². The van der Waals surface area contributed by atoms with E-state index < -0.39 is 0 Å². The molecule has 100 valence electrons. The van der Waals surface area contributed by atoms with E-state index in [4.69, 9.17) is 16.3 Å². The third kappa shape index (κ3) is 3.97. The lowest BCUT2D eigenvalue weighted by Crippen LogP contribution is -2.10. The van der Waals surface area contributed by atoms with E-state index in [0.717, 1.165) is 11.3 Å². The molecule has 0 bridgehead atoms. The predicted molar refractivity (Wildman–Crippen MR) is 78.7 cm³/mol. The van der Waals surface area contributed by atoms with Gasteiger partial charge in [-0.25, -0.2) is 4.98 Å². The summed E-state index contributed by atoms with van der Waals surface area (Å²) in [6.07, 6.45) is 1.73. The molecule has 0 atom stereocenters. The van der Waals surface area contributed by atoms with Crippen molar-refractivity contribution in [1.29, 1.82) is 0 Å². The van der Waals surface area contributed by atoms with Gasteiger partial charge in [0.25, 0.3) is 0 Å². The second kappa shape index (κ2) is 5.62. The number of ether oxygens (including phenoxy) is 1. The fraction of sp³-hybridized carbons (Fsp3) is 0.312. The summed E-state index contributed by atoms with van der Waals surface area (Å²) < 4.78 is 5.72. The topological polar surface area (TPSA) is 22.1 Å². The van der Waals surface area contributed by atoms with Gasteiger partial charge < -0.3 is 4.74 Å². The van der Waals surface area contributed by atoms with Gasteiger partial charge in [-0.3, -0.25) is 0 Å². The summed E-state index contributed by atoms with van der Waals surface area (Å²) in [5.74, 6) is 0.864. The average Bonchev–Trinajstić information content (AvgIpc) is 2.37. The predicted octanol–water partition coefficient (Wildman–Crippen LogP) is 4.61. The van der Waals surface area contributed by atoms with Crippen LogP contribution in [0.3, 0.4) is 0 Å². The highest BCUT2D eigenvalue weighted by Gasteiger charge is 2.12. The maximum Gasteiger partial charge on any atom is 0.129 e. The van der Waals surface area contributed by atoms with Crippen molar-refractivity contribution in [2.45, 2.75) is 32.8 Å². The molecular formula is C16H18ClNO. The normalized spacial score (nSPS) is 11.4. The zero-order chi connectivity index (χ0) is 13.9. The molecule has 0 aliphatic heterocycles. The maximum atomic E-state index is 5.74. The molecule has 0 radical (unpaired) electrons. The number of halogens is 1. The molecule has 0 aliphatic rings. The summed E-state index contributed by atoms with van der Waals surface area (Å²) in [7, 11) is 0. The molecule has 1 aromatic carbocycles. The monoisotopic (exact) mass is 275 g/mol. The highest BCUT2D eigenvalue weighted by molar-refractivity contribution is 6.29. The number of hydrogen-bond acceptors (Lipinski definition) is 2. The molecule has 2 nitrogen and oxygen atoms in total. The Bertz CT molecular complexity index is 526. The molecule has 0 fully saturated rings. The summed E-state index contributed by atoms with van der Waals surface area (Å²) in [6, 6.07) is 11.9. The lowest BCUT2D eigenvalue weighted by atomic mass is 9.87. The second-order valence-electron chi connectivity index (χ2n) is 5.55. The van der Waals surface area contributed by atoms with Gasteiger partial charge in [0, 0.05) is 11.8 Å². The smallest absolute Gasteiger partial charge is 0.129 e. The average molecular weight is 276 g/mol. The van der Waals surface area contributed by atoms with Gasteiger partial charge in [-0.1, -0.05) is 50.6 Å². The molecule has 2 aromatic rings. The van der Waals surface area contributed by atoms with Crippen LogP contribution in [0, 0.1) is 0 Å². The molecule has 3 heteroatoms. The Hall–Kier alpha value is -1.54. The number of nitrogens with zero attached hydrogens (tertiary/aromatic N) is 1. The molecule has 0 N–H and O–H groups in total. The highest BCUT2D eigenvalue weighted by Crippen LogP contribution is 2.24. The van der Waals surface area contributed by atoms with Crippen LogP contribution in [-0.4, -0.2) is 4.98 Å². The van der Waals surface area contributed by atoms with Gasteiger partial charge in [0.1, 0.15) is 17.5 Å². The summed E-state index contributed by atoms with van der Waals surface area (Å²) in [4.78, 5) is 4.02. The van der Waals surface area contributed by atoms with Crippen molar-refractivity contribution in [2.24, 2.45) is 0 Å². The maximum absolute atomic E-state index is 5.74. The Morgan fingerprint density at radius 2 is 1.74 bits per heavy atom. The Morgan fingerprint density at radius 1 is 1.05 bits per heavy atom. The van der Waals surface area contributed by atoms with Crippen molar-refractivity contribution < 1.29 is 4.74 Å². The SMILES string of the molecule is CC(C)(C)c1ccc(OCc2ccc(Cl)nc2)cc1. The van der Waals surface area contributed by atoms with E-state index in [1.54, 1.807) is 12.3 Å². The van der Waals surface area contributed by atoms with Crippen molar-refractivity contribution in [2.75, 3.05) is 0 Å². The number of benzene rings is 1. The van der Waals surface area contributed by atoms with Crippen LogP contribution in [0.4, 0.5) is 0 Å². The molecule has 1 aromatic heterocycles. The first-order valence-corrected chi connectivity index (χ1v) is 6.67. The molecule has 2 rings (SSSR count). The van der Waals surface area contributed by atoms with Gasteiger partial charge >= 0.3 is 0 Å². The number of aromatic nitrogens is 1. The van der Waals surface area contributed by atoms with Crippen LogP contribution in [0.2, 0.25) is 5.15 Å². The summed E-state index contributed by atoms with van der Waals surface area (Å²) in [5.41, 5.74) is 2.47. The van der Waals surface area contributed by atoms with Crippen LogP contribution in [0.25, 0.3) is 0 Å². The molecule has 0 saturated heterocycles. The molecule has 0 saturated carbocycles. The molecule has 0 spiro atoms. The van der Waals surface area contributed by atoms with E-state index in [-0.39, 0.29) is 5.41 Å². The van der Waals surface area contributed by atoms with E-state index in [2.05, 4.69) is 37.9 Å². The minimum Gasteiger partial charge on any atom is -0.489 e. The third-order valence-corrected chi connectivity index (χ3v) is 3.14. The first-order valence-electron chi connectivity index (χ1n) is 6.29. The molecule has 19 heavy (non-hydrogen) atoms. The van der Waals surface area contributed by atoms with Crippen LogP contribution >= 0.6 is 11.6 Å². The fourth-order valence-electron chi connectivity index (χ4n) is 1.71. The Kier molecular flexibility index (Phi) is 4.11. The third-order valence-electron chi connectivity index (χ3n) is 2.91. The van der Waals surface area contributed by atoms with Crippen molar-refractivity contribution in [3.05, 3.63) is 58.9 Å². The van der Waals surface area contributed by atoms with Crippen LogP contribution < -0.4 is 4.74 Å². The number of pyridine rings is 1. The van der Waals surface area contributed by atoms with E-state index >= 15 is 0 Å². The van der Waals surface area contributed by atoms with E-state index in [1.807, 2.05) is 18.2 Å². The van der Waals surface area contributed by atoms with Gasteiger partial charge in [0.2, 0.25) is 0 Å². The van der Waals surface area contributed by atoms with Crippen LogP contribution in [0.1, 0.15) is 31.9 Å². The van der Waals surface area contributed by atoms with Gasteiger partial charge in [0.15, 0.2) is 0 Å². The van der Waals surface area contributed by atoms with Crippen molar-refractivity contribution in [3.8, 4) is 5.75 Å². The quantitative estimate of drug-likeness (QED) is 0.763. The van der Waals surface area contributed by atoms with Crippen molar-refractivity contribution in [3.63, 3.8) is 0 Å². The van der Waals surface area contributed by atoms with Gasteiger partial charge in [-0.15, -0.1) is 0 Å². The number of rotatable bonds is 3. The minimum atomic E-state index is 0.165. The largest absolute Gasteiger partial charge is 0.489 e. The zero-order valence-corrected chi connectivity index (χ0v) is 12.2. The lowest BCUT2D eigenvalue weighted by Gasteiger charge is -2.19. The summed E-state index contributed by atoms with van der Waals surface area (Å²) in [6.45, 7) is 7.09. The molecular weight excluding hydrogens is 258 g/mol. The van der Waals surface area contributed by atoms with Gasteiger partial charge in [-0.05, 0) is 29.2 Å². The summed E-state index contributed by atoms with van der Waals surface area (Å²) >= 11 is 5.74. The van der Waals surface area contributed by atoms with Gasteiger partial charge in [-0.2, -0.15) is 0 Å². The first-order chi connectivity index (χ1) is 8.95. The first kappa shape index (κ1) is 13.9. The van der Waals surface area contributed by atoms with Crippen LogP contribution in [-0.2, 0) is 12.0 Å². The number of hydrogen-bond donors (Lipinski definition) is 0. The minimum absolute atomic E-state index is 0.165. The van der Waals surface area contributed by atoms with E-state index in [0.29, 0.717) is 11.8 Å². The highest BCUT2D eigenvalue weighted by atomic mass is 35.5. The Balaban J connectivity index is 1.98. The second-order valence-corrected chi connectivity index (χ2v) is 5.94. The summed E-state index contributed by atoms with van der Waals surface area (Å²) in [5, 5.41) is 0.498. The molecule has 1 heterocycles. The van der Waals surface area contributed by atoms with Crippen LogP contribution in [0.5, 0.6) is 5.75 Å². The van der Waals surface area contributed by atoms with E-state index in [1.165, 1.54) is 5.56 Å². The lowest BCUT2D eigenvalue weighted by molar-refractivity contribution is 0.305. The standard InChI is InChI=1S/C16H18ClNO/c1-16(2,3)13-5-7-14(8-6-13)19-11-12-4-9-15(17)18-10-12/h4-10H,11H2,1-3H3. The Morgan fingerprint density at radius 3 is 2.26 bits per heavy atom. The van der Waals surface area contributed by atoms with Gasteiger partial charge in [0.05, 0.1) is 0 Å². The van der Waals surface area contributed by atoms with Crippen LogP contribution in [0.15, 0.2) is 42.6 Å². The molecule has 0 unspecified atom stereocenters.